The summed E-state index contributed by atoms with van der Waals surface area (Å²) in [5, 5.41) is 4.10. The fraction of sp³-hybridized carbons (Fsp3) is 0.300. The lowest BCUT2D eigenvalue weighted by Crippen LogP contribution is -2.38. The topological polar surface area (TPSA) is 44.9 Å². The van der Waals surface area contributed by atoms with E-state index in [-0.39, 0.29) is 0 Å². The van der Waals surface area contributed by atoms with Gasteiger partial charge in [-0.2, -0.15) is 0 Å². The summed E-state index contributed by atoms with van der Waals surface area (Å²) in [7, 11) is 2.04. The largest absolute Gasteiger partial charge is 0.357 e. The first-order valence-electron chi connectivity index (χ1n) is 8.82. The van der Waals surface area contributed by atoms with E-state index >= 15 is 0 Å². The van der Waals surface area contributed by atoms with Gasteiger partial charge in [-0.05, 0) is 36.8 Å². The fourth-order valence-electron chi connectivity index (χ4n) is 2.84. The van der Waals surface area contributed by atoms with E-state index in [1.165, 1.54) is 0 Å². The molecule has 0 fully saturated rings. The normalized spacial score (nSPS) is 11.7. The van der Waals surface area contributed by atoms with Gasteiger partial charge < -0.3 is 14.6 Å². The quantitative estimate of drug-likeness (QED) is 0.533. The van der Waals surface area contributed by atoms with Gasteiger partial charge in [-0.1, -0.05) is 29.8 Å². The van der Waals surface area contributed by atoms with Crippen molar-refractivity contribution in [2.75, 3.05) is 20.1 Å². The summed E-state index contributed by atoms with van der Waals surface area (Å²) in [6.07, 6.45) is 4.88. The van der Waals surface area contributed by atoms with E-state index in [9.17, 15) is 0 Å². The van der Waals surface area contributed by atoms with Crippen LogP contribution in [0.1, 0.15) is 18.2 Å². The van der Waals surface area contributed by atoms with Crippen molar-refractivity contribution in [2.24, 2.45) is 4.99 Å². The number of benzene rings is 1. The fourth-order valence-corrected chi connectivity index (χ4v) is 3.05. The minimum atomic E-state index is 0.687. The Morgan fingerprint density at radius 3 is 2.92 bits per heavy atom. The van der Waals surface area contributed by atoms with Gasteiger partial charge in [0.05, 0.1) is 5.69 Å². The highest BCUT2D eigenvalue weighted by Gasteiger charge is 2.07. The molecule has 5 nitrogen and oxygen atoms in total. The first-order chi connectivity index (χ1) is 12.7. The second-order valence-corrected chi connectivity index (χ2v) is 6.61. The molecule has 0 radical (unpaired) electrons. The summed E-state index contributed by atoms with van der Waals surface area (Å²) < 4.78 is 2.04. The van der Waals surface area contributed by atoms with Crippen molar-refractivity contribution in [3.63, 3.8) is 0 Å². The van der Waals surface area contributed by atoms with E-state index in [0.717, 1.165) is 47.4 Å². The lowest BCUT2D eigenvalue weighted by atomic mass is 10.2. The molecule has 0 bridgehead atoms. The molecule has 0 unspecified atom stereocenters. The third-order valence-corrected chi connectivity index (χ3v) is 4.28. The Bertz CT molecular complexity index is 854. The number of pyridine rings is 1. The Kier molecular flexibility index (Phi) is 6.12. The minimum absolute atomic E-state index is 0.687. The van der Waals surface area contributed by atoms with Crippen molar-refractivity contribution >= 4 is 23.2 Å². The smallest absolute Gasteiger partial charge is 0.193 e. The number of halogens is 1. The molecule has 3 rings (SSSR count). The molecule has 0 atom stereocenters. The molecule has 0 aliphatic carbocycles. The van der Waals surface area contributed by atoms with E-state index in [1.807, 2.05) is 54.0 Å². The highest BCUT2D eigenvalue weighted by atomic mass is 35.5. The van der Waals surface area contributed by atoms with Crippen molar-refractivity contribution < 1.29 is 0 Å². The van der Waals surface area contributed by atoms with Crippen molar-refractivity contribution in [1.82, 2.24) is 19.6 Å². The zero-order chi connectivity index (χ0) is 18.4. The van der Waals surface area contributed by atoms with Crippen LogP contribution in [0.2, 0.25) is 5.02 Å². The second-order valence-electron chi connectivity index (χ2n) is 6.17. The highest BCUT2D eigenvalue weighted by Crippen LogP contribution is 2.12. The lowest BCUT2D eigenvalue weighted by molar-refractivity contribution is 0.477. The molecule has 0 aliphatic heterocycles. The van der Waals surface area contributed by atoms with Crippen LogP contribution in [0.25, 0.3) is 5.65 Å². The predicted octanol–water partition coefficient (Wildman–Crippen LogP) is 3.63. The maximum absolute atomic E-state index is 6.08. The molecule has 3 aromatic rings. The van der Waals surface area contributed by atoms with Crippen LogP contribution in [0, 0.1) is 0 Å². The van der Waals surface area contributed by atoms with Crippen molar-refractivity contribution in [1.29, 1.82) is 0 Å². The molecule has 0 saturated carbocycles. The number of imidazole rings is 1. The zero-order valence-electron chi connectivity index (χ0n) is 15.2. The Balaban J connectivity index is 1.64. The average molecular weight is 370 g/mol. The van der Waals surface area contributed by atoms with Crippen LogP contribution in [-0.4, -0.2) is 40.4 Å². The van der Waals surface area contributed by atoms with Crippen LogP contribution in [0.15, 0.2) is 59.9 Å². The van der Waals surface area contributed by atoms with E-state index in [1.54, 1.807) is 0 Å². The van der Waals surface area contributed by atoms with Crippen LogP contribution in [0.3, 0.4) is 0 Å². The predicted molar refractivity (Wildman–Crippen MR) is 108 cm³/mol. The number of aromatic nitrogens is 2. The van der Waals surface area contributed by atoms with E-state index in [4.69, 9.17) is 16.6 Å². The van der Waals surface area contributed by atoms with Gasteiger partial charge in [0, 0.05) is 50.5 Å². The van der Waals surface area contributed by atoms with Gasteiger partial charge in [-0.3, -0.25) is 4.99 Å². The number of rotatable bonds is 6. The first kappa shape index (κ1) is 18.3. The van der Waals surface area contributed by atoms with Gasteiger partial charge in [0.25, 0.3) is 0 Å². The van der Waals surface area contributed by atoms with E-state index < -0.39 is 0 Å². The van der Waals surface area contributed by atoms with Gasteiger partial charge in [-0.15, -0.1) is 0 Å². The minimum Gasteiger partial charge on any atom is -0.357 e. The summed E-state index contributed by atoms with van der Waals surface area (Å²) in [4.78, 5) is 11.5. The number of nitrogens with zero attached hydrogens (tertiary/aromatic N) is 4. The molecule has 2 heterocycles. The number of fused-ring (bicyclic) bond motifs is 1. The molecular weight excluding hydrogens is 346 g/mol. The number of nitrogens with one attached hydrogen (secondary N) is 1. The van der Waals surface area contributed by atoms with Crippen LogP contribution in [-0.2, 0) is 13.0 Å². The van der Waals surface area contributed by atoms with Crippen molar-refractivity contribution in [3.05, 3.63) is 71.1 Å². The Morgan fingerprint density at radius 2 is 2.15 bits per heavy atom. The Hall–Kier alpha value is -2.53. The Labute approximate surface area is 159 Å². The summed E-state index contributed by atoms with van der Waals surface area (Å²) in [6, 6.07) is 13.9. The standard InChI is InChI=1S/C20H24ClN5/c1-3-22-20(25(2)14-16-7-6-8-17(21)13-16)23-11-10-18-15-26-12-5-4-9-19(26)24-18/h4-9,12-13,15H,3,10-11,14H2,1-2H3,(H,22,23). The molecule has 0 aliphatic rings. The van der Waals surface area contributed by atoms with Gasteiger partial charge in [0.1, 0.15) is 5.65 Å². The number of aliphatic imine (C=N–C) groups is 1. The van der Waals surface area contributed by atoms with Crippen LogP contribution in [0.4, 0.5) is 0 Å². The summed E-state index contributed by atoms with van der Waals surface area (Å²) in [5.41, 5.74) is 3.18. The summed E-state index contributed by atoms with van der Waals surface area (Å²) in [5.74, 6) is 0.885. The van der Waals surface area contributed by atoms with Crippen LogP contribution in [0.5, 0.6) is 0 Å². The zero-order valence-corrected chi connectivity index (χ0v) is 15.9. The lowest BCUT2D eigenvalue weighted by Gasteiger charge is -2.22. The molecule has 26 heavy (non-hydrogen) atoms. The first-order valence-corrected chi connectivity index (χ1v) is 9.20. The van der Waals surface area contributed by atoms with E-state index in [2.05, 4.69) is 34.4 Å². The molecule has 0 amide bonds. The molecule has 1 aromatic carbocycles. The molecular formula is C20H24ClN5. The van der Waals surface area contributed by atoms with E-state index in [0.29, 0.717) is 6.54 Å². The van der Waals surface area contributed by atoms with Gasteiger partial charge in [0.15, 0.2) is 5.96 Å². The monoisotopic (exact) mass is 369 g/mol. The van der Waals surface area contributed by atoms with Gasteiger partial charge in [0.2, 0.25) is 0 Å². The van der Waals surface area contributed by atoms with Crippen LogP contribution >= 0.6 is 11.6 Å². The van der Waals surface area contributed by atoms with Crippen molar-refractivity contribution in [2.45, 2.75) is 19.9 Å². The van der Waals surface area contributed by atoms with Crippen LogP contribution < -0.4 is 5.32 Å². The summed E-state index contributed by atoms with van der Waals surface area (Å²) in [6.45, 7) is 4.34. The van der Waals surface area contributed by atoms with Gasteiger partial charge in [-0.25, -0.2) is 4.98 Å². The molecule has 0 spiro atoms. The molecule has 6 heteroatoms. The third-order valence-electron chi connectivity index (χ3n) is 4.05. The second kappa shape index (κ2) is 8.72. The highest BCUT2D eigenvalue weighted by molar-refractivity contribution is 6.30. The SMILES string of the molecule is CCNC(=NCCc1cn2ccccc2n1)N(C)Cc1cccc(Cl)c1. The van der Waals surface area contributed by atoms with Gasteiger partial charge >= 0.3 is 0 Å². The Morgan fingerprint density at radius 1 is 1.27 bits per heavy atom. The third kappa shape index (κ3) is 4.76. The number of guanidine groups is 1. The molecule has 0 saturated heterocycles. The van der Waals surface area contributed by atoms with Crippen molar-refractivity contribution in [3.8, 4) is 0 Å². The maximum Gasteiger partial charge on any atom is 0.193 e. The molecule has 1 N–H and O–H groups in total. The molecule has 2 aromatic heterocycles. The maximum atomic E-state index is 6.08. The summed E-state index contributed by atoms with van der Waals surface area (Å²) >= 11 is 6.08. The number of hydrogen-bond donors (Lipinski definition) is 1. The number of hydrogen-bond acceptors (Lipinski definition) is 2. The average Bonchev–Trinajstić information content (AvgIpc) is 3.03. The molecule has 136 valence electrons.